The highest BCUT2D eigenvalue weighted by atomic mass is 16.5. The van der Waals surface area contributed by atoms with E-state index in [1.165, 1.54) is 5.56 Å². The van der Waals surface area contributed by atoms with Crippen molar-refractivity contribution in [2.45, 2.75) is 31.8 Å². The lowest BCUT2D eigenvalue weighted by molar-refractivity contribution is 0.212. The van der Waals surface area contributed by atoms with E-state index < -0.39 is 0 Å². The van der Waals surface area contributed by atoms with E-state index in [0.717, 1.165) is 42.9 Å². The maximum Gasteiger partial charge on any atom is 0.241 e. The molecule has 1 unspecified atom stereocenters. The summed E-state index contributed by atoms with van der Waals surface area (Å²) in [4.78, 5) is 6.99. The number of fused-ring (bicyclic) bond motifs is 1. The summed E-state index contributed by atoms with van der Waals surface area (Å²) >= 11 is 0. The Labute approximate surface area is 164 Å². The van der Waals surface area contributed by atoms with E-state index in [4.69, 9.17) is 14.0 Å². The van der Waals surface area contributed by atoms with Crippen LogP contribution < -0.4 is 9.47 Å². The summed E-state index contributed by atoms with van der Waals surface area (Å²) in [7, 11) is 0. The predicted molar refractivity (Wildman–Crippen MR) is 104 cm³/mol. The van der Waals surface area contributed by atoms with Gasteiger partial charge in [-0.25, -0.2) is 0 Å². The van der Waals surface area contributed by atoms with Crippen molar-refractivity contribution in [2.24, 2.45) is 0 Å². The molecule has 1 saturated heterocycles. The number of hydrogen-bond donors (Lipinski definition) is 0. The van der Waals surface area contributed by atoms with Gasteiger partial charge in [-0.2, -0.15) is 4.98 Å². The van der Waals surface area contributed by atoms with Crippen LogP contribution >= 0.6 is 0 Å². The summed E-state index contributed by atoms with van der Waals surface area (Å²) in [5.74, 6) is 2.99. The van der Waals surface area contributed by atoms with Gasteiger partial charge in [0, 0.05) is 18.0 Å². The van der Waals surface area contributed by atoms with E-state index in [-0.39, 0.29) is 0 Å². The molecule has 28 heavy (non-hydrogen) atoms. The topological polar surface area (TPSA) is 60.6 Å². The van der Waals surface area contributed by atoms with Gasteiger partial charge in [-0.3, -0.25) is 4.90 Å². The second-order valence-corrected chi connectivity index (χ2v) is 7.26. The van der Waals surface area contributed by atoms with Crippen LogP contribution in [0.25, 0.3) is 11.4 Å². The third kappa shape index (κ3) is 3.47. The fraction of sp³-hybridized carbons (Fsp3) is 0.364. The minimum absolute atomic E-state index is 0.323. The molecular weight excluding hydrogens is 354 g/mol. The van der Waals surface area contributed by atoms with Crippen LogP contribution in [0.1, 0.15) is 36.8 Å². The molecule has 1 fully saturated rings. The van der Waals surface area contributed by atoms with Gasteiger partial charge >= 0.3 is 0 Å². The standard InChI is InChI=1S/C22H23N3O3/c1-2-6-16(7-3-1)22-23-21(28-24-22)15-25-11-4-8-18(25)17-9-10-19-20(14-17)27-13-5-12-26-19/h1-3,6-7,9-10,14,18H,4-5,8,11-13,15H2. The number of hydrogen-bond acceptors (Lipinski definition) is 6. The minimum atomic E-state index is 0.323. The smallest absolute Gasteiger partial charge is 0.241 e. The summed E-state index contributed by atoms with van der Waals surface area (Å²) in [5, 5.41) is 4.15. The zero-order chi connectivity index (χ0) is 18.8. The summed E-state index contributed by atoms with van der Waals surface area (Å²) in [6.45, 7) is 3.08. The molecule has 0 N–H and O–H groups in total. The normalized spacial score (nSPS) is 19.5. The molecule has 0 bridgehead atoms. The first-order chi connectivity index (χ1) is 13.9. The van der Waals surface area contributed by atoms with Gasteiger partial charge in [0.25, 0.3) is 0 Å². The Balaban J connectivity index is 1.34. The van der Waals surface area contributed by atoms with Crippen molar-refractivity contribution < 1.29 is 14.0 Å². The Morgan fingerprint density at radius 3 is 2.71 bits per heavy atom. The van der Waals surface area contributed by atoms with E-state index in [1.807, 2.05) is 36.4 Å². The average molecular weight is 377 g/mol. The van der Waals surface area contributed by atoms with E-state index in [1.54, 1.807) is 0 Å². The number of ether oxygens (including phenoxy) is 2. The van der Waals surface area contributed by atoms with Gasteiger partial charge in [0.1, 0.15) is 0 Å². The number of likely N-dealkylation sites (tertiary alicyclic amines) is 1. The van der Waals surface area contributed by atoms with E-state index in [2.05, 4.69) is 27.2 Å². The first-order valence-corrected chi connectivity index (χ1v) is 9.88. The molecule has 5 rings (SSSR count). The summed E-state index contributed by atoms with van der Waals surface area (Å²) < 4.78 is 17.2. The Morgan fingerprint density at radius 2 is 1.82 bits per heavy atom. The van der Waals surface area contributed by atoms with Crippen molar-refractivity contribution in [2.75, 3.05) is 19.8 Å². The molecule has 0 spiro atoms. The molecule has 3 heterocycles. The minimum Gasteiger partial charge on any atom is -0.490 e. The molecule has 6 heteroatoms. The van der Waals surface area contributed by atoms with Crippen molar-refractivity contribution in [1.29, 1.82) is 0 Å². The monoisotopic (exact) mass is 377 g/mol. The van der Waals surface area contributed by atoms with Gasteiger partial charge < -0.3 is 14.0 Å². The molecule has 0 saturated carbocycles. The zero-order valence-corrected chi connectivity index (χ0v) is 15.7. The lowest BCUT2D eigenvalue weighted by Crippen LogP contribution is -2.23. The van der Waals surface area contributed by atoms with Gasteiger partial charge in [0.05, 0.1) is 19.8 Å². The number of nitrogens with zero attached hydrogens (tertiary/aromatic N) is 3. The van der Waals surface area contributed by atoms with Crippen LogP contribution in [-0.2, 0) is 6.54 Å². The van der Waals surface area contributed by atoms with Crippen LogP contribution in [0.15, 0.2) is 53.1 Å². The van der Waals surface area contributed by atoms with Crippen LogP contribution in [0.3, 0.4) is 0 Å². The maximum atomic E-state index is 5.87. The fourth-order valence-electron chi connectivity index (χ4n) is 3.98. The van der Waals surface area contributed by atoms with Crippen LogP contribution in [0.5, 0.6) is 11.5 Å². The fourth-order valence-corrected chi connectivity index (χ4v) is 3.98. The SMILES string of the molecule is c1ccc(-c2noc(CN3CCCC3c3ccc4c(c3)OCCCO4)n2)cc1. The third-order valence-electron chi connectivity index (χ3n) is 5.36. The number of aromatic nitrogens is 2. The predicted octanol–water partition coefficient (Wildman–Crippen LogP) is 4.24. The highest BCUT2D eigenvalue weighted by molar-refractivity contribution is 5.53. The van der Waals surface area contributed by atoms with Crippen molar-refractivity contribution in [1.82, 2.24) is 15.0 Å². The summed E-state index contributed by atoms with van der Waals surface area (Å²) in [5.41, 5.74) is 2.22. The van der Waals surface area contributed by atoms with Gasteiger partial charge in [0.15, 0.2) is 11.5 Å². The van der Waals surface area contributed by atoms with E-state index >= 15 is 0 Å². The number of rotatable bonds is 4. The molecule has 3 aromatic rings. The first-order valence-electron chi connectivity index (χ1n) is 9.88. The molecule has 0 aliphatic carbocycles. The molecule has 144 valence electrons. The van der Waals surface area contributed by atoms with Gasteiger partial charge in [-0.05, 0) is 37.1 Å². The van der Waals surface area contributed by atoms with Crippen molar-refractivity contribution >= 4 is 0 Å². The largest absolute Gasteiger partial charge is 0.490 e. The molecule has 1 atom stereocenters. The maximum absolute atomic E-state index is 5.87. The van der Waals surface area contributed by atoms with E-state index in [9.17, 15) is 0 Å². The first kappa shape index (κ1) is 17.3. The molecule has 2 aliphatic heterocycles. The van der Waals surface area contributed by atoms with Crippen molar-refractivity contribution in [3.63, 3.8) is 0 Å². The quantitative estimate of drug-likeness (QED) is 0.678. The molecule has 6 nitrogen and oxygen atoms in total. The second-order valence-electron chi connectivity index (χ2n) is 7.26. The van der Waals surface area contributed by atoms with Crippen LogP contribution in [0.4, 0.5) is 0 Å². The van der Waals surface area contributed by atoms with Gasteiger partial charge in [-0.15, -0.1) is 0 Å². The Bertz CT molecular complexity index is 941. The number of benzene rings is 2. The Hall–Kier alpha value is -2.86. The Morgan fingerprint density at radius 1 is 0.964 bits per heavy atom. The van der Waals surface area contributed by atoms with Gasteiger partial charge in [-0.1, -0.05) is 41.6 Å². The molecular formula is C22H23N3O3. The molecule has 0 radical (unpaired) electrons. The van der Waals surface area contributed by atoms with E-state index in [0.29, 0.717) is 37.5 Å². The van der Waals surface area contributed by atoms with Crippen LogP contribution in [-0.4, -0.2) is 34.8 Å². The molecule has 2 aliphatic rings. The van der Waals surface area contributed by atoms with Gasteiger partial charge in [0.2, 0.25) is 11.7 Å². The average Bonchev–Trinajstić information content (AvgIpc) is 3.33. The van der Waals surface area contributed by atoms with Crippen molar-refractivity contribution in [3.8, 4) is 22.9 Å². The summed E-state index contributed by atoms with van der Waals surface area (Å²) in [6.07, 6.45) is 3.18. The highest BCUT2D eigenvalue weighted by Gasteiger charge is 2.28. The lowest BCUT2D eigenvalue weighted by atomic mass is 10.0. The molecule has 0 amide bonds. The lowest BCUT2D eigenvalue weighted by Gasteiger charge is -2.23. The molecule has 2 aromatic carbocycles. The summed E-state index contributed by atoms with van der Waals surface area (Å²) in [6, 6.07) is 16.6. The Kier molecular flexibility index (Phi) is 4.71. The highest BCUT2D eigenvalue weighted by Crippen LogP contribution is 2.38. The molecule has 1 aromatic heterocycles. The third-order valence-corrected chi connectivity index (χ3v) is 5.36. The van der Waals surface area contributed by atoms with Crippen LogP contribution in [0.2, 0.25) is 0 Å². The van der Waals surface area contributed by atoms with Crippen LogP contribution in [0, 0.1) is 0 Å². The second kappa shape index (κ2) is 7.64. The zero-order valence-electron chi connectivity index (χ0n) is 15.7. The van der Waals surface area contributed by atoms with Crippen molar-refractivity contribution in [3.05, 3.63) is 60.0 Å².